The zero-order valence-electron chi connectivity index (χ0n) is 11.8. The van der Waals surface area contributed by atoms with Crippen LogP contribution in [-0.4, -0.2) is 25.7 Å². The van der Waals surface area contributed by atoms with Gasteiger partial charge in [-0.15, -0.1) is 11.3 Å². The molecule has 0 aliphatic carbocycles. The number of likely N-dealkylation sites (N-methyl/N-ethyl adjacent to an activating group) is 1. The van der Waals surface area contributed by atoms with Gasteiger partial charge in [0, 0.05) is 12.0 Å². The number of thiazole rings is 1. The zero-order valence-corrected chi connectivity index (χ0v) is 12.6. The third-order valence-electron chi connectivity index (χ3n) is 3.41. The standard InChI is InChI=1S/C13H24N2OS/c1-7-11-10(4)17-12(15-11)13(14-5,8-16-6)9(2)3/h9,14H,7-8H2,1-6H3. The van der Waals surface area contributed by atoms with Gasteiger partial charge in [0.2, 0.25) is 0 Å². The summed E-state index contributed by atoms with van der Waals surface area (Å²) in [6, 6.07) is 0. The first-order valence-electron chi connectivity index (χ1n) is 6.16. The van der Waals surface area contributed by atoms with Crippen molar-refractivity contribution in [3.63, 3.8) is 0 Å². The Balaban J connectivity index is 3.20. The van der Waals surface area contributed by atoms with E-state index in [0.29, 0.717) is 12.5 Å². The lowest BCUT2D eigenvalue weighted by Crippen LogP contribution is -2.48. The van der Waals surface area contributed by atoms with Crippen molar-refractivity contribution in [2.75, 3.05) is 20.8 Å². The molecule has 0 aliphatic rings. The first-order valence-corrected chi connectivity index (χ1v) is 6.98. The predicted molar refractivity (Wildman–Crippen MR) is 73.7 cm³/mol. The van der Waals surface area contributed by atoms with Gasteiger partial charge in [-0.1, -0.05) is 20.8 Å². The summed E-state index contributed by atoms with van der Waals surface area (Å²) >= 11 is 1.79. The average Bonchev–Trinajstić information content (AvgIpc) is 2.67. The number of hydrogen-bond acceptors (Lipinski definition) is 4. The fourth-order valence-corrected chi connectivity index (χ4v) is 3.45. The summed E-state index contributed by atoms with van der Waals surface area (Å²) in [5.41, 5.74) is 1.04. The Hall–Kier alpha value is -0.450. The minimum Gasteiger partial charge on any atom is -0.382 e. The maximum absolute atomic E-state index is 5.40. The van der Waals surface area contributed by atoms with Crippen molar-refractivity contribution < 1.29 is 4.74 Å². The molecule has 0 bridgehead atoms. The van der Waals surface area contributed by atoms with Gasteiger partial charge in [0.25, 0.3) is 0 Å². The quantitative estimate of drug-likeness (QED) is 0.850. The van der Waals surface area contributed by atoms with Gasteiger partial charge in [-0.05, 0) is 26.3 Å². The molecule has 3 nitrogen and oxygen atoms in total. The Morgan fingerprint density at radius 2 is 2.12 bits per heavy atom. The highest BCUT2D eigenvalue weighted by atomic mass is 32.1. The smallest absolute Gasteiger partial charge is 0.116 e. The molecule has 0 aromatic carbocycles. The molecule has 0 spiro atoms. The molecule has 0 saturated heterocycles. The van der Waals surface area contributed by atoms with Gasteiger partial charge in [0.1, 0.15) is 5.01 Å². The lowest BCUT2D eigenvalue weighted by atomic mass is 9.88. The van der Waals surface area contributed by atoms with Crippen molar-refractivity contribution in [3.8, 4) is 0 Å². The second-order valence-electron chi connectivity index (χ2n) is 4.68. The van der Waals surface area contributed by atoms with Gasteiger partial charge in [0.15, 0.2) is 0 Å². The van der Waals surface area contributed by atoms with E-state index in [1.165, 1.54) is 10.6 Å². The topological polar surface area (TPSA) is 34.1 Å². The van der Waals surface area contributed by atoms with Crippen molar-refractivity contribution in [1.82, 2.24) is 10.3 Å². The van der Waals surface area contributed by atoms with Gasteiger partial charge in [0.05, 0.1) is 17.8 Å². The number of aryl methyl sites for hydroxylation is 2. The Kier molecular flexibility index (Phi) is 5.10. The van der Waals surface area contributed by atoms with Crippen LogP contribution in [0.4, 0.5) is 0 Å². The van der Waals surface area contributed by atoms with Crippen LogP contribution in [0.3, 0.4) is 0 Å². The van der Waals surface area contributed by atoms with Gasteiger partial charge in [-0.3, -0.25) is 0 Å². The number of nitrogens with one attached hydrogen (secondary N) is 1. The second-order valence-corrected chi connectivity index (χ2v) is 5.89. The first-order chi connectivity index (χ1) is 8.01. The lowest BCUT2D eigenvalue weighted by Gasteiger charge is -2.34. The van der Waals surface area contributed by atoms with Crippen LogP contribution in [0.1, 0.15) is 36.3 Å². The minimum absolute atomic E-state index is 0.169. The molecule has 0 fully saturated rings. The van der Waals surface area contributed by atoms with Gasteiger partial charge in [-0.2, -0.15) is 0 Å². The molecule has 1 aromatic rings. The highest BCUT2D eigenvalue weighted by Crippen LogP contribution is 2.34. The van der Waals surface area contributed by atoms with E-state index in [9.17, 15) is 0 Å². The van der Waals surface area contributed by atoms with Crippen LogP contribution in [-0.2, 0) is 16.7 Å². The fraction of sp³-hybridized carbons (Fsp3) is 0.769. The van der Waals surface area contributed by atoms with Gasteiger partial charge in [-0.25, -0.2) is 4.98 Å². The molecular weight excluding hydrogens is 232 g/mol. The van der Waals surface area contributed by atoms with Gasteiger partial charge < -0.3 is 10.1 Å². The monoisotopic (exact) mass is 256 g/mol. The summed E-state index contributed by atoms with van der Waals surface area (Å²) in [6.07, 6.45) is 0.993. The number of nitrogens with zero attached hydrogens (tertiary/aromatic N) is 1. The van der Waals surface area contributed by atoms with Crippen molar-refractivity contribution in [2.24, 2.45) is 5.92 Å². The number of aromatic nitrogens is 1. The van der Waals surface area contributed by atoms with E-state index in [-0.39, 0.29) is 5.54 Å². The highest BCUT2D eigenvalue weighted by Gasteiger charge is 2.37. The number of hydrogen-bond donors (Lipinski definition) is 1. The third kappa shape index (κ3) is 2.69. The van der Waals surface area contributed by atoms with Crippen LogP contribution in [0.15, 0.2) is 0 Å². The predicted octanol–water partition coefficient (Wildman–Crippen LogP) is 2.73. The molecule has 17 heavy (non-hydrogen) atoms. The van der Waals surface area contributed by atoms with Crippen LogP contribution >= 0.6 is 11.3 Å². The Morgan fingerprint density at radius 3 is 2.47 bits per heavy atom. The summed E-state index contributed by atoms with van der Waals surface area (Å²) in [5, 5.41) is 4.56. The molecule has 1 atom stereocenters. The minimum atomic E-state index is -0.169. The number of methoxy groups -OCH3 is 1. The molecule has 0 radical (unpaired) electrons. The molecule has 0 saturated carbocycles. The first kappa shape index (κ1) is 14.6. The van der Waals surface area contributed by atoms with Gasteiger partial charge >= 0.3 is 0 Å². The highest BCUT2D eigenvalue weighted by molar-refractivity contribution is 7.11. The van der Waals surface area contributed by atoms with E-state index in [1.807, 2.05) is 7.05 Å². The van der Waals surface area contributed by atoms with E-state index >= 15 is 0 Å². The third-order valence-corrected chi connectivity index (χ3v) is 4.60. The molecule has 1 N–H and O–H groups in total. The second kappa shape index (κ2) is 5.94. The van der Waals surface area contributed by atoms with Crippen LogP contribution in [0.5, 0.6) is 0 Å². The maximum atomic E-state index is 5.40. The van der Waals surface area contributed by atoms with E-state index in [1.54, 1.807) is 18.4 Å². The molecule has 0 aliphatic heterocycles. The summed E-state index contributed by atoms with van der Waals surface area (Å²) in [6.45, 7) is 9.36. The van der Waals surface area contributed by atoms with E-state index in [2.05, 4.69) is 33.0 Å². The van der Waals surface area contributed by atoms with Crippen molar-refractivity contribution in [1.29, 1.82) is 0 Å². The molecule has 1 aromatic heterocycles. The summed E-state index contributed by atoms with van der Waals surface area (Å²) in [5.74, 6) is 0.433. The number of rotatable bonds is 6. The van der Waals surface area contributed by atoms with E-state index in [4.69, 9.17) is 9.72 Å². The summed E-state index contributed by atoms with van der Waals surface area (Å²) < 4.78 is 5.40. The fourth-order valence-electron chi connectivity index (χ4n) is 2.12. The SMILES string of the molecule is CCc1nc(C(COC)(NC)C(C)C)sc1C. The Morgan fingerprint density at radius 1 is 1.47 bits per heavy atom. The average molecular weight is 256 g/mol. The van der Waals surface area contributed by atoms with Crippen LogP contribution in [0.25, 0.3) is 0 Å². The van der Waals surface area contributed by atoms with E-state index in [0.717, 1.165) is 11.4 Å². The maximum Gasteiger partial charge on any atom is 0.116 e. The molecule has 4 heteroatoms. The molecule has 98 valence electrons. The van der Waals surface area contributed by atoms with Crippen molar-refractivity contribution in [3.05, 3.63) is 15.6 Å². The largest absolute Gasteiger partial charge is 0.382 e. The normalized spacial score (nSPS) is 15.2. The van der Waals surface area contributed by atoms with Crippen LogP contribution in [0, 0.1) is 12.8 Å². The lowest BCUT2D eigenvalue weighted by molar-refractivity contribution is 0.0818. The summed E-state index contributed by atoms with van der Waals surface area (Å²) in [7, 11) is 3.73. The van der Waals surface area contributed by atoms with Crippen LogP contribution < -0.4 is 5.32 Å². The van der Waals surface area contributed by atoms with Crippen LogP contribution in [0.2, 0.25) is 0 Å². The number of ether oxygens (including phenoxy) is 1. The van der Waals surface area contributed by atoms with Crippen molar-refractivity contribution in [2.45, 2.75) is 39.7 Å². The molecule has 1 unspecified atom stereocenters. The molecule has 1 heterocycles. The molecule has 0 amide bonds. The molecular formula is C13H24N2OS. The van der Waals surface area contributed by atoms with E-state index < -0.39 is 0 Å². The molecule has 1 rings (SSSR count). The van der Waals surface area contributed by atoms with Crippen molar-refractivity contribution >= 4 is 11.3 Å². The Bertz CT molecular complexity index is 362. The Labute approximate surface area is 109 Å². The summed E-state index contributed by atoms with van der Waals surface area (Å²) in [4.78, 5) is 6.11. The zero-order chi connectivity index (χ0) is 13.1.